The second-order valence-corrected chi connectivity index (χ2v) is 5.19. The van der Waals surface area contributed by atoms with E-state index in [1.807, 2.05) is 0 Å². The Hall–Kier alpha value is -0.290. The molecule has 1 aliphatic rings. The molecule has 0 aromatic rings. The van der Waals surface area contributed by atoms with Crippen molar-refractivity contribution in [2.45, 2.75) is 44.8 Å². The maximum atomic E-state index is 12.6. The molecular formula is C11H21F3N2. The molecule has 0 amide bonds. The summed E-state index contributed by atoms with van der Waals surface area (Å²) in [7, 11) is 0. The molecule has 1 atom stereocenters. The van der Waals surface area contributed by atoms with E-state index in [2.05, 4.69) is 19.2 Å². The first-order chi connectivity index (χ1) is 7.31. The molecule has 1 fully saturated rings. The number of halogens is 3. The van der Waals surface area contributed by atoms with Crippen molar-refractivity contribution in [1.29, 1.82) is 0 Å². The lowest BCUT2D eigenvalue weighted by molar-refractivity contribution is -0.166. The standard InChI is InChI=1S/C11H21F3N2/c1-8(2)5-9(6-15)7-16-10(3-4-10)11(12,13)14/h8-9,16H,3-7,15H2,1-2H3. The predicted molar refractivity (Wildman–Crippen MR) is 58.0 cm³/mol. The lowest BCUT2D eigenvalue weighted by Crippen LogP contribution is -2.47. The van der Waals surface area contributed by atoms with Crippen LogP contribution in [0, 0.1) is 11.8 Å². The molecule has 3 N–H and O–H groups in total. The summed E-state index contributed by atoms with van der Waals surface area (Å²) >= 11 is 0. The maximum absolute atomic E-state index is 12.6. The first-order valence-corrected chi connectivity index (χ1v) is 5.82. The summed E-state index contributed by atoms with van der Waals surface area (Å²) in [6, 6.07) is 0. The monoisotopic (exact) mass is 238 g/mol. The topological polar surface area (TPSA) is 38.0 Å². The summed E-state index contributed by atoms with van der Waals surface area (Å²) in [5.41, 5.74) is 3.96. The Balaban J connectivity index is 2.38. The van der Waals surface area contributed by atoms with E-state index >= 15 is 0 Å². The van der Waals surface area contributed by atoms with Crippen LogP contribution >= 0.6 is 0 Å². The molecular weight excluding hydrogens is 217 g/mol. The maximum Gasteiger partial charge on any atom is 0.406 e. The fourth-order valence-electron chi connectivity index (χ4n) is 1.95. The summed E-state index contributed by atoms with van der Waals surface area (Å²) in [6.45, 7) is 4.92. The van der Waals surface area contributed by atoms with Gasteiger partial charge < -0.3 is 11.1 Å². The SMILES string of the molecule is CC(C)CC(CN)CNC1(C(F)(F)F)CC1. The molecule has 5 heteroatoms. The van der Waals surface area contributed by atoms with Gasteiger partial charge in [0.1, 0.15) is 5.54 Å². The molecule has 0 spiro atoms. The van der Waals surface area contributed by atoms with E-state index in [4.69, 9.17) is 5.73 Å². The molecule has 0 bridgehead atoms. The first kappa shape index (κ1) is 13.8. The molecule has 0 radical (unpaired) electrons. The van der Waals surface area contributed by atoms with Crippen LogP contribution in [-0.4, -0.2) is 24.8 Å². The van der Waals surface area contributed by atoms with Gasteiger partial charge in [0, 0.05) is 0 Å². The van der Waals surface area contributed by atoms with Gasteiger partial charge in [-0.2, -0.15) is 13.2 Å². The molecule has 0 aromatic carbocycles. The Kier molecular flexibility index (Phi) is 4.23. The van der Waals surface area contributed by atoms with Crippen molar-refractivity contribution in [1.82, 2.24) is 5.32 Å². The Labute approximate surface area is 94.8 Å². The van der Waals surface area contributed by atoms with Crippen molar-refractivity contribution in [2.24, 2.45) is 17.6 Å². The Morgan fingerprint density at radius 2 is 1.88 bits per heavy atom. The van der Waals surface area contributed by atoms with Crippen LogP contribution in [-0.2, 0) is 0 Å². The van der Waals surface area contributed by atoms with Gasteiger partial charge in [-0.1, -0.05) is 13.8 Å². The fourth-order valence-corrected chi connectivity index (χ4v) is 1.95. The van der Waals surface area contributed by atoms with E-state index in [1.165, 1.54) is 0 Å². The highest BCUT2D eigenvalue weighted by Gasteiger charge is 2.62. The minimum absolute atomic E-state index is 0.139. The molecule has 0 saturated heterocycles. The van der Waals surface area contributed by atoms with E-state index in [1.54, 1.807) is 0 Å². The van der Waals surface area contributed by atoms with Gasteiger partial charge >= 0.3 is 6.18 Å². The van der Waals surface area contributed by atoms with Crippen LogP contribution in [0.15, 0.2) is 0 Å². The zero-order chi connectivity index (χ0) is 12.4. The second-order valence-electron chi connectivity index (χ2n) is 5.19. The summed E-state index contributed by atoms with van der Waals surface area (Å²) in [6.07, 6.45) is -2.84. The summed E-state index contributed by atoms with van der Waals surface area (Å²) in [4.78, 5) is 0. The molecule has 0 aliphatic heterocycles. The molecule has 96 valence electrons. The van der Waals surface area contributed by atoms with E-state index < -0.39 is 11.7 Å². The van der Waals surface area contributed by atoms with Gasteiger partial charge in [-0.3, -0.25) is 0 Å². The smallest absolute Gasteiger partial charge is 0.330 e. The summed E-state index contributed by atoms with van der Waals surface area (Å²) in [5.74, 6) is 0.608. The Bertz CT molecular complexity index is 222. The highest BCUT2D eigenvalue weighted by Crippen LogP contribution is 2.48. The summed E-state index contributed by atoms with van der Waals surface area (Å²) < 4.78 is 37.9. The predicted octanol–water partition coefficient (Wildman–Crippen LogP) is 2.29. The average Bonchev–Trinajstić information content (AvgIpc) is 2.91. The van der Waals surface area contributed by atoms with Crippen LogP contribution in [0.4, 0.5) is 13.2 Å². The van der Waals surface area contributed by atoms with Crippen molar-refractivity contribution in [3.05, 3.63) is 0 Å². The molecule has 1 rings (SSSR count). The second kappa shape index (κ2) is 4.92. The van der Waals surface area contributed by atoms with Gasteiger partial charge in [0.25, 0.3) is 0 Å². The van der Waals surface area contributed by atoms with Gasteiger partial charge in [0.05, 0.1) is 0 Å². The van der Waals surface area contributed by atoms with Crippen molar-refractivity contribution < 1.29 is 13.2 Å². The lowest BCUT2D eigenvalue weighted by Gasteiger charge is -2.24. The number of hydrogen-bond acceptors (Lipinski definition) is 2. The van der Waals surface area contributed by atoms with Gasteiger partial charge in [-0.25, -0.2) is 0 Å². The normalized spacial score (nSPS) is 21.2. The minimum Gasteiger partial charge on any atom is -0.330 e. The average molecular weight is 238 g/mol. The molecule has 1 saturated carbocycles. The number of nitrogens with two attached hydrogens (primary N) is 1. The molecule has 2 nitrogen and oxygen atoms in total. The third-order valence-electron chi connectivity index (χ3n) is 3.16. The van der Waals surface area contributed by atoms with Gasteiger partial charge in [-0.15, -0.1) is 0 Å². The van der Waals surface area contributed by atoms with Crippen LogP contribution in [0.2, 0.25) is 0 Å². The number of rotatable bonds is 6. The van der Waals surface area contributed by atoms with Crippen molar-refractivity contribution in [2.75, 3.05) is 13.1 Å². The summed E-state index contributed by atoms with van der Waals surface area (Å²) in [5, 5.41) is 2.66. The largest absolute Gasteiger partial charge is 0.406 e. The number of hydrogen-bond donors (Lipinski definition) is 2. The van der Waals surface area contributed by atoms with Crippen molar-refractivity contribution in [3.8, 4) is 0 Å². The van der Waals surface area contributed by atoms with Crippen molar-refractivity contribution in [3.63, 3.8) is 0 Å². The quantitative estimate of drug-likeness (QED) is 0.745. The third kappa shape index (κ3) is 3.35. The van der Waals surface area contributed by atoms with E-state index in [0.717, 1.165) is 6.42 Å². The minimum atomic E-state index is -4.12. The number of nitrogens with one attached hydrogen (secondary N) is 1. The van der Waals surface area contributed by atoms with E-state index in [9.17, 15) is 13.2 Å². The molecule has 1 aliphatic carbocycles. The highest BCUT2D eigenvalue weighted by atomic mass is 19.4. The Morgan fingerprint density at radius 1 is 1.31 bits per heavy atom. The molecule has 1 unspecified atom stereocenters. The van der Waals surface area contributed by atoms with Crippen LogP contribution in [0.25, 0.3) is 0 Å². The molecule has 0 aromatic heterocycles. The van der Waals surface area contributed by atoms with Crippen LogP contribution < -0.4 is 11.1 Å². The van der Waals surface area contributed by atoms with E-state index in [-0.39, 0.29) is 18.8 Å². The fraction of sp³-hybridized carbons (Fsp3) is 1.00. The lowest BCUT2D eigenvalue weighted by atomic mass is 9.97. The Morgan fingerprint density at radius 3 is 2.19 bits per heavy atom. The molecule has 0 heterocycles. The number of alkyl halides is 3. The van der Waals surface area contributed by atoms with Crippen LogP contribution in [0.3, 0.4) is 0 Å². The van der Waals surface area contributed by atoms with E-state index in [0.29, 0.717) is 19.0 Å². The molecule has 16 heavy (non-hydrogen) atoms. The van der Waals surface area contributed by atoms with Gasteiger partial charge in [0.2, 0.25) is 0 Å². The van der Waals surface area contributed by atoms with Gasteiger partial charge in [0.15, 0.2) is 0 Å². The van der Waals surface area contributed by atoms with Crippen LogP contribution in [0.1, 0.15) is 33.1 Å². The zero-order valence-corrected chi connectivity index (χ0v) is 9.90. The van der Waals surface area contributed by atoms with Gasteiger partial charge in [-0.05, 0) is 44.2 Å². The van der Waals surface area contributed by atoms with Crippen LogP contribution in [0.5, 0.6) is 0 Å². The first-order valence-electron chi connectivity index (χ1n) is 5.82. The highest BCUT2D eigenvalue weighted by molar-refractivity contribution is 5.08. The zero-order valence-electron chi connectivity index (χ0n) is 9.90. The van der Waals surface area contributed by atoms with Crippen molar-refractivity contribution >= 4 is 0 Å². The third-order valence-corrected chi connectivity index (χ3v) is 3.16.